The number of carbonyl (C=O) groups excluding carboxylic acids is 1. The highest BCUT2D eigenvalue weighted by Gasteiger charge is 2.19. The molecule has 1 amide bonds. The Hall–Kier alpha value is -1.40. The van der Waals surface area contributed by atoms with Gasteiger partial charge in [0.05, 0.1) is 11.4 Å². The maximum Gasteiger partial charge on any atom is 0.241 e. The summed E-state index contributed by atoms with van der Waals surface area (Å²) in [5.41, 5.74) is 1.22. The van der Waals surface area contributed by atoms with E-state index in [1.54, 1.807) is 17.0 Å². The van der Waals surface area contributed by atoms with E-state index in [1.807, 2.05) is 26.0 Å². The third-order valence-corrected chi connectivity index (χ3v) is 6.21. The standard InChI is InChI=1S/C18H28N2O3S/c1-3-20(4-2)18(21)14-19-24(22,23)17-12-10-16(11-13-17)15-8-6-5-7-9-15/h10-13,15,19H,3-9,14H2,1-2H3. The number of rotatable bonds is 7. The minimum atomic E-state index is -3.65. The van der Waals surface area contributed by atoms with Gasteiger partial charge in [-0.2, -0.15) is 0 Å². The Morgan fingerprint density at radius 2 is 1.67 bits per heavy atom. The molecule has 1 N–H and O–H groups in total. The molecule has 6 heteroatoms. The largest absolute Gasteiger partial charge is 0.342 e. The molecule has 0 radical (unpaired) electrons. The van der Waals surface area contributed by atoms with Crippen LogP contribution in [0.3, 0.4) is 0 Å². The van der Waals surface area contributed by atoms with Gasteiger partial charge in [-0.15, -0.1) is 0 Å². The van der Waals surface area contributed by atoms with Crippen molar-refractivity contribution in [2.24, 2.45) is 0 Å². The normalized spacial score (nSPS) is 16.1. The number of hydrogen-bond acceptors (Lipinski definition) is 3. The van der Waals surface area contributed by atoms with E-state index in [0.717, 1.165) is 0 Å². The molecule has 1 aromatic rings. The van der Waals surface area contributed by atoms with Crippen LogP contribution in [-0.2, 0) is 14.8 Å². The number of amides is 1. The van der Waals surface area contributed by atoms with Gasteiger partial charge in [0.2, 0.25) is 15.9 Å². The molecule has 24 heavy (non-hydrogen) atoms. The molecule has 2 rings (SSSR count). The first kappa shape index (κ1) is 18.9. The predicted octanol–water partition coefficient (Wildman–Crippen LogP) is 2.88. The first-order valence-electron chi connectivity index (χ1n) is 8.85. The molecule has 5 nitrogen and oxygen atoms in total. The SMILES string of the molecule is CCN(CC)C(=O)CNS(=O)(=O)c1ccc(C2CCCCC2)cc1. The van der Waals surface area contributed by atoms with Gasteiger partial charge in [0.1, 0.15) is 0 Å². The summed E-state index contributed by atoms with van der Waals surface area (Å²) in [6, 6.07) is 7.12. The van der Waals surface area contributed by atoms with E-state index >= 15 is 0 Å². The van der Waals surface area contributed by atoms with Gasteiger partial charge >= 0.3 is 0 Å². The zero-order chi connectivity index (χ0) is 17.6. The van der Waals surface area contributed by atoms with Crippen LogP contribution < -0.4 is 4.72 Å². The van der Waals surface area contributed by atoms with Crippen molar-refractivity contribution >= 4 is 15.9 Å². The van der Waals surface area contributed by atoms with Crippen LogP contribution in [0.1, 0.15) is 57.4 Å². The van der Waals surface area contributed by atoms with Gasteiger partial charge in [0.15, 0.2) is 0 Å². The average molecular weight is 353 g/mol. The van der Waals surface area contributed by atoms with E-state index < -0.39 is 10.0 Å². The summed E-state index contributed by atoms with van der Waals surface area (Å²) in [6.07, 6.45) is 6.17. The summed E-state index contributed by atoms with van der Waals surface area (Å²) in [5, 5.41) is 0. The smallest absolute Gasteiger partial charge is 0.241 e. The highest BCUT2D eigenvalue weighted by Crippen LogP contribution is 2.32. The fourth-order valence-corrected chi connectivity index (χ4v) is 4.26. The van der Waals surface area contributed by atoms with E-state index in [-0.39, 0.29) is 17.3 Å². The number of benzene rings is 1. The number of nitrogens with zero attached hydrogens (tertiary/aromatic N) is 1. The Bertz CT molecular complexity index is 631. The number of sulfonamides is 1. The lowest BCUT2D eigenvalue weighted by molar-refractivity contribution is -0.129. The highest BCUT2D eigenvalue weighted by molar-refractivity contribution is 7.89. The fraction of sp³-hybridized carbons (Fsp3) is 0.611. The second-order valence-electron chi connectivity index (χ2n) is 6.29. The lowest BCUT2D eigenvalue weighted by atomic mass is 9.84. The third-order valence-electron chi connectivity index (χ3n) is 4.80. The summed E-state index contributed by atoms with van der Waals surface area (Å²) >= 11 is 0. The molecule has 0 bridgehead atoms. The van der Waals surface area contributed by atoms with Gasteiger partial charge in [-0.1, -0.05) is 31.4 Å². The molecule has 0 aliphatic heterocycles. The van der Waals surface area contributed by atoms with E-state index in [4.69, 9.17) is 0 Å². The molecule has 134 valence electrons. The van der Waals surface area contributed by atoms with Crippen molar-refractivity contribution in [3.8, 4) is 0 Å². The lowest BCUT2D eigenvalue weighted by Crippen LogP contribution is -2.39. The zero-order valence-electron chi connectivity index (χ0n) is 14.6. The van der Waals surface area contributed by atoms with Crippen LogP contribution in [0.2, 0.25) is 0 Å². The number of nitrogens with one attached hydrogen (secondary N) is 1. The number of likely N-dealkylation sites (N-methyl/N-ethyl adjacent to an activating group) is 1. The van der Waals surface area contributed by atoms with Crippen molar-refractivity contribution in [1.29, 1.82) is 0 Å². The molecule has 0 unspecified atom stereocenters. The second kappa shape index (κ2) is 8.62. The fourth-order valence-electron chi connectivity index (χ4n) is 3.28. The Morgan fingerprint density at radius 3 is 2.21 bits per heavy atom. The first-order valence-corrected chi connectivity index (χ1v) is 10.3. The topological polar surface area (TPSA) is 66.5 Å². The number of hydrogen-bond donors (Lipinski definition) is 1. The maximum atomic E-state index is 12.3. The molecule has 0 aromatic heterocycles. The van der Waals surface area contributed by atoms with Crippen molar-refractivity contribution < 1.29 is 13.2 Å². The quantitative estimate of drug-likeness (QED) is 0.820. The van der Waals surface area contributed by atoms with Gasteiger partial charge in [-0.25, -0.2) is 13.1 Å². The van der Waals surface area contributed by atoms with Gasteiger partial charge in [-0.3, -0.25) is 4.79 Å². The molecular weight excluding hydrogens is 324 g/mol. The van der Waals surface area contributed by atoms with Gasteiger partial charge in [-0.05, 0) is 50.3 Å². The lowest BCUT2D eigenvalue weighted by Gasteiger charge is -2.22. The number of carbonyl (C=O) groups is 1. The van der Waals surface area contributed by atoms with Crippen molar-refractivity contribution in [2.75, 3.05) is 19.6 Å². The summed E-state index contributed by atoms with van der Waals surface area (Å²) in [4.78, 5) is 13.8. The molecule has 1 aromatic carbocycles. The van der Waals surface area contributed by atoms with E-state index in [0.29, 0.717) is 19.0 Å². The Labute approximate surface area is 145 Å². The van der Waals surface area contributed by atoms with E-state index in [1.165, 1.54) is 37.7 Å². The third kappa shape index (κ3) is 4.80. The van der Waals surface area contributed by atoms with Crippen LogP contribution in [0, 0.1) is 0 Å². The Morgan fingerprint density at radius 1 is 1.08 bits per heavy atom. The molecule has 1 aliphatic rings. The first-order chi connectivity index (χ1) is 11.5. The molecule has 0 saturated heterocycles. The molecule has 0 spiro atoms. The summed E-state index contributed by atoms with van der Waals surface area (Å²) in [6.45, 7) is 4.70. The van der Waals surface area contributed by atoms with Gasteiger partial charge in [0.25, 0.3) is 0 Å². The van der Waals surface area contributed by atoms with Crippen molar-refractivity contribution in [1.82, 2.24) is 9.62 Å². The Balaban J connectivity index is 2.00. The molecular formula is C18H28N2O3S. The molecule has 0 atom stereocenters. The van der Waals surface area contributed by atoms with E-state index in [2.05, 4.69) is 4.72 Å². The van der Waals surface area contributed by atoms with Crippen LogP contribution in [0.15, 0.2) is 29.2 Å². The maximum absolute atomic E-state index is 12.3. The van der Waals surface area contributed by atoms with Crippen LogP contribution in [0.4, 0.5) is 0 Å². The second-order valence-corrected chi connectivity index (χ2v) is 8.06. The van der Waals surface area contributed by atoms with Crippen molar-refractivity contribution in [3.05, 3.63) is 29.8 Å². The minimum Gasteiger partial charge on any atom is -0.342 e. The summed E-state index contributed by atoms with van der Waals surface area (Å²) in [5.74, 6) is 0.343. The molecule has 0 heterocycles. The monoisotopic (exact) mass is 352 g/mol. The van der Waals surface area contributed by atoms with Crippen molar-refractivity contribution in [2.45, 2.75) is 56.8 Å². The van der Waals surface area contributed by atoms with Crippen LogP contribution in [0.25, 0.3) is 0 Å². The van der Waals surface area contributed by atoms with Crippen LogP contribution in [0.5, 0.6) is 0 Å². The molecule has 1 fully saturated rings. The highest BCUT2D eigenvalue weighted by atomic mass is 32.2. The van der Waals surface area contributed by atoms with E-state index in [9.17, 15) is 13.2 Å². The summed E-state index contributed by atoms with van der Waals surface area (Å²) < 4.78 is 27.1. The minimum absolute atomic E-state index is 0.200. The molecule has 1 saturated carbocycles. The molecule has 1 aliphatic carbocycles. The summed E-state index contributed by atoms with van der Waals surface area (Å²) in [7, 11) is -3.65. The van der Waals surface area contributed by atoms with Crippen molar-refractivity contribution in [3.63, 3.8) is 0 Å². The predicted molar refractivity (Wildman–Crippen MR) is 95.4 cm³/mol. The zero-order valence-corrected chi connectivity index (χ0v) is 15.4. The Kier molecular flexibility index (Phi) is 6.80. The van der Waals surface area contributed by atoms with Gasteiger partial charge in [0, 0.05) is 13.1 Å². The average Bonchev–Trinajstić information content (AvgIpc) is 2.62. The van der Waals surface area contributed by atoms with Crippen LogP contribution >= 0.6 is 0 Å². The van der Waals surface area contributed by atoms with Gasteiger partial charge < -0.3 is 4.90 Å². The van der Waals surface area contributed by atoms with Crippen LogP contribution in [-0.4, -0.2) is 38.9 Å².